The van der Waals surface area contributed by atoms with Crippen LogP contribution in [0.4, 0.5) is 0 Å². The molecular weight excluding hydrogens is 469 g/mol. The Hall–Kier alpha value is -3.04. The first kappa shape index (κ1) is 20.6. The lowest BCUT2D eigenvalue weighted by Gasteiger charge is -2.22. The average molecular weight is 486 g/mol. The van der Waals surface area contributed by atoms with Gasteiger partial charge in [0.05, 0.1) is 6.21 Å². The summed E-state index contributed by atoms with van der Waals surface area (Å²) < 4.78 is 17.5. The lowest BCUT2D eigenvalue weighted by atomic mass is 9.92. The summed E-state index contributed by atoms with van der Waals surface area (Å²) in [6.45, 7) is 0. The van der Waals surface area contributed by atoms with E-state index in [1.165, 1.54) is 0 Å². The van der Waals surface area contributed by atoms with Gasteiger partial charge in [-0.25, -0.2) is 0 Å². The third kappa shape index (κ3) is 3.65. The fourth-order valence-corrected chi connectivity index (χ4v) is 6.20. The van der Waals surface area contributed by atoms with Gasteiger partial charge in [0.25, 0.3) is 0 Å². The standard InChI is InChI=1S/C27H17ClNO2PS/c28-23-12-6-3-9-20(23)17-29-32(33)30-24-15-13-18-7-1-4-10-21(18)26(24)27-22-11-5-2-8-19(22)14-16-25(27)31-32/h1-17H/b29-17+. The van der Waals surface area contributed by atoms with Crippen molar-refractivity contribution < 1.29 is 9.05 Å². The number of benzene rings is 5. The van der Waals surface area contributed by atoms with E-state index in [0.717, 1.165) is 38.2 Å². The van der Waals surface area contributed by atoms with Crippen LogP contribution in [0.5, 0.6) is 11.5 Å². The zero-order valence-electron chi connectivity index (χ0n) is 17.3. The number of hydrogen-bond acceptors (Lipinski definition) is 4. The van der Waals surface area contributed by atoms with Gasteiger partial charge < -0.3 is 21.3 Å². The lowest BCUT2D eigenvalue weighted by Crippen LogP contribution is -2.03. The molecule has 0 aromatic heterocycles. The zero-order valence-corrected chi connectivity index (χ0v) is 19.8. The van der Waals surface area contributed by atoms with Crippen LogP contribution in [0.2, 0.25) is 5.02 Å². The summed E-state index contributed by atoms with van der Waals surface area (Å²) >= 11 is 12.2. The Balaban J connectivity index is 1.62. The second-order valence-corrected chi connectivity index (χ2v) is 11.1. The molecule has 0 N–H and O–H groups in total. The molecule has 160 valence electrons. The van der Waals surface area contributed by atoms with Crippen molar-refractivity contribution in [3.05, 3.63) is 108 Å². The molecule has 6 heteroatoms. The maximum absolute atomic E-state index is 6.41. The molecule has 0 spiro atoms. The average Bonchev–Trinajstić information content (AvgIpc) is 2.97. The van der Waals surface area contributed by atoms with Crippen molar-refractivity contribution in [3.63, 3.8) is 0 Å². The van der Waals surface area contributed by atoms with Gasteiger partial charge in [-0.3, -0.25) is 0 Å². The van der Waals surface area contributed by atoms with E-state index in [-0.39, 0.29) is 0 Å². The minimum absolute atomic E-state index is 0.593. The van der Waals surface area contributed by atoms with E-state index in [4.69, 9.17) is 32.9 Å². The Bertz CT molecular complexity index is 1480. The highest BCUT2D eigenvalue weighted by Crippen LogP contribution is 2.65. The maximum Gasteiger partial charge on any atom is 0.367 e. The van der Waals surface area contributed by atoms with Crippen molar-refractivity contribution in [1.29, 1.82) is 0 Å². The van der Waals surface area contributed by atoms with Crippen molar-refractivity contribution >= 4 is 58.7 Å². The molecular formula is C27H17ClNO2PS. The summed E-state index contributed by atoms with van der Waals surface area (Å²) in [5.74, 6) is 1.34. The number of rotatable bonds is 2. The summed E-state index contributed by atoms with van der Waals surface area (Å²) in [7, 11) is -3.12. The highest BCUT2D eigenvalue weighted by molar-refractivity contribution is 8.37. The molecule has 0 bridgehead atoms. The van der Waals surface area contributed by atoms with Crippen LogP contribution < -0.4 is 9.05 Å². The van der Waals surface area contributed by atoms with Crippen LogP contribution in [0.15, 0.2) is 102 Å². The van der Waals surface area contributed by atoms with Crippen LogP contribution in [-0.2, 0) is 12.2 Å². The predicted octanol–water partition coefficient (Wildman–Crippen LogP) is 8.43. The van der Waals surface area contributed by atoms with Crippen molar-refractivity contribution in [2.24, 2.45) is 4.76 Å². The molecule has 6 rings (SSSR count). The second kappa shape index (κ2) is 8.07. The molecule has 0 unspecified atom stereocenters. The Morgan fingerprint density at radius 2 is 1.18 bits per heavy atom. The Morgan fingerprint density at radius 3 is 1.76 bits per heavy atom. The molecule has 0 saturated heterocycles. The SMILES string of the molecule is [S-][P+]1(/N=C/c2ccccc2Cl)Oc2ccc3ccccc3c2-c2c(ccc3ccccc23)O1. The van der Waals surface area contributed by atoms with Crippen LogP contribution in [0, 0.1) is 0 Å². The topological polar surface area (TPSA) is 30.8 Å². The monoisotopic (exact) mass is 485 g/mol. The molecule has 0 radical (unpaired) electrons. The van der Waals surface area contributed by atoms with E-state index in [9.17, 15) is 0 Å². The number of nitrogens with zero attached hydrogens (tertiary/aromatic N) is 1. The van der Waals surface area contributed by atoms with E-state index in [2.05, 4.69) is 29.0 Å². The molecule has 0 fully saturated rings. The van der Waals surface area contributed by atoms with E-state index >= 15 is 0 Å². The third-order valence-electron chi connectivity index (χ3n) is 5.70. The minimum atomic E-state index is -3.12. The van der Waals surface area contributed by atoms with Crippen molar-refractivity contribution in [2.45, 2.75) is 0 Å². The normalized spacial score (nSPS) is 14.4. The smallest absolute Gasteiger partial charge is 0.367 e. The van der Waals surface area contributed by atoms with Gasteiger partial charge in [0.1, 0.15) is 0 Å². The number of fused-ring (bicyclic) bond motifs is 7. The molecule has 5 aromatic rings. The van der Waals surface area contributed by atoms with E-state index in [1.807, 2.05) is 72.8 Å². The first-order valence-corrected chi connectivity index (χ1v) is 13.4. The molecule has 5 aromatic carbocycles. The summed E-state index contributed by atoms with van der Waals surface area (Å²) in [4.78, 5) is 0. The van der Waals surface area contributed by atoms with Gasteiger partial charge >= 0.3 is 7.07 Å². The quantitative estimate of drug-likeness (QED) is 0.143. The van der Waals surface area contributed by atoms with Gasteiger partial charge in [0, 0.05) is 21.7 Å². The van der Waals surface area contributed by atoms with Crippen LogP contribution in [-0.4, -0.2) is 6.21 Å². The molecule has 1 heterocycles. The van der Waals surface area contributed by atoms with Crippen molar-refractivity contribution in [1.82, 2.24) is 0 Å². The van der Waals surface area contributed by atoms with E-state index in [0.29, 0.717) is 16.5 Å². The van der Waals surface area contributed by atoms with Gasteiger partial charge in [0.2, 0.25) is 0 Å². The van der Waals surface area contributed by atoms with Gasteiger partial charge in [-0.05, 0) is 39.7 Å². The molecule has 0 amide bonds. The Kier molecular flexibility index (Phi) is 5.03. The molecule has 0 aliphatic carbocycles. The molecule has 0 atom stereocenters. The second-order valence-electron chi connectivity index (χ2n) is 7.74. The molecule has 3 nitrogen and oxygen atoms in total. The molecule has 1 aliphatic rings. The fraction of sp³-hybridized carbons (Fsp3) is 0. The van der Waals surface area contributed by atoms with Crippen LogP contribution >= 0.6 is 18.7 Å². The van der Waals surface area contributed by atoms with E-state index in [1.54, 1.807) is 6.21 Å². The van der Waals surface area contributed by atoms with Crippen LogP contribution in [0.1, 0.15) is 5.56 Å². The van der Waals surface area contributed by atoms with Crippen molar-refractivity contribution in [3.8, 4) is 22.6 Å². The summed E-state index contributed by atoms with van der Waals surface area (Å²) in [6.07, 6.45) is 1.65. The fourth-order valence-electron chi connectivity index (χ4n) is 4.20. The highest BCUT2D eigenvalue weighted by atomic mass is 35.5. The van der Waals surface area contributed by atoms with E-state index < -0.39 is 7.07 Å². The third-order valence-corrected chi connectivity index (χ3v) is 8.03. The number of halogens is 1. The summed E-state index contributed by atoms with van der Waals surface area (Å²) in [5.41, 5.74) is 2.71. The van der Waals surface area contributed by atoms with Gasteiger partial charge in [-0.2, -0.15) is 0 Å². The van der Waals surface area contributed by atoms with Crippen molar-refractivity contribution in [2.75, 3.05) is 0 Å². The zero-order chi connectivity index (χ0) is 22.4. The summed E-state index contributed by atoms with van der Waals surface area (Å²) in [6, 6.07) is 32.0. The maximum atomic E-state index is 6.41. The van der Waals surface area contributed by atoms with Gasteiger partial charge in [-0.1, -0.05) is 95.2 Å². The first-order valence-electron chi connectivity index (χ1n) is 10.4. The predicted molar refractivity (Wildman–Crippen MR) is 141 cm³/mol. The minimum Gasteiger partial charge on any atom is -0.444 e. The Labute approximate surface area is 202 Å². The highest BCUT2D eigenvalue weighted by Gasteiger charge is 2.37. The molecule has 33 heavy (non-hydrogen) atoms. The van der Waals surface area contributed by atoms with Crippen LogP contribution in [0.3, 0.4) is 0 Å². The lowest BCUT2D eigenvalue weighted by molar-refractivity contribution is 0.494. The van der Waals surface area contributed by atoms with Gasteiger partial charge in [0.15, 0.2) is 11.5 Å². The molecule has 1 aliphatic heterocycles. The Morgan fingerprint density at radius 1 is 0.667 bits per heavy atom. The summed E-state index contributed by atoms with van der Waals surface area (Å²) in [5, 5.41) is 4.99. The molecule has 0 saturated carbocycles. The number of hydrogen-bond donors (Lipinski definition) is 0. The first-order chi connectivity index (χ1) is 16.1. The van der Waals surface area contributed by atoms with Crippen LogP contribution in [0.25, 0.3) is 32.7 Å². The largest absolute Gasteiger partial charge is 0.444 e. The van der Waals surface area contributed by atoms with Gasteiger partial charge in [-0.15, -0.1) is 0 Å².